The SMILES string of the molecule is CC/C=C\C/C=C\C/C=C\C/C=C\C/C=C\CCCCCC(=O)OC[C@H](COC(=O)CCC/C=C\C/C=C\C/C=C\C/C=C\C/C=C\CC)OC(=O)CCCCCCCCCCC/C=C\C/C=C\CCCCC. The Hall–Kier alpha value is -4.71. The highest BCUT2D eigenvalue weighted by Gasteiger charge is 2.19. The summed E-state index contributed by atoms with van der Waals surface area (Å²) < 4.78 is 16.8. The summed E-state index contributed by atoms with van der Waals surface area (Å²) in [5, 5.41) is 0. The van der Waals surface area contributed by atoms with E-state index in [2.05, 4.69) is 167 Å². The number of ether oxygens (including phenoxy) is 3. The average Bonchev–Trinajstić information content (AvgIpc) is 3.39. The van der Waals surface area contributed by atoms with Gasteiger partial charge in [-0.3, -0.25) is 14.4 Å². The van der Waals surface area contributed by atoms with E-state index in [1.165, 1.54) is 70.6 Å². The van der Waals surface area contributed by atoms with Crippen molar-refractivity contribution in [1.82, 2.24) is 0 Å². The van der Waals surface area contributed by atoms with Gasteiger partial charge < -0.3 is 14.2 Å². The highest BCUT2D eigenvalue weighted by atomic mass is 16.6. The number of carbonyl (C=O) groups is 3. The monoisotopic (exact) mass is 1010 g/mol. The molecule has 0 spiro atoms. The summed E-state index contributed by atoms with van der Waals surface area (Å²) in [6.45, 7) is 6.30. The first-order chi connectivity index (χ1) is 36.0. The average molecular weight is 1010 g/mol. The maximum atomic E-state index is 12.9. The van der Waals surface area contributed by atoms with Crippen molar-refractivity contribution in [3.05, 3.63) is 146 Å². The zero-order chi connectivity index (χ0) is 52.9. The molecule has 0 heterocycles. The standard InChI is InChI=1S/C67H106O6/c1-4-7-10-13-16-19-22-25-28-31-33-36-39-42-45-48-51-54-57-60-66(69)72-63-64(62-71-65(68)59-56-53-50-47-44-41-38-35-30-27-24-21-18-15-12-9-6-3)73-67(70)61-58-55-52-49-46-43-40-37-34-32-29-26-23-20-17-14-11-8-5-2/h7,9-10,12,16-21,25-30,33,36,38,41-42,45,47,50,64H,4-6,8,11,13-15,22-24,31-32,34-35,37,39-40,43-44,46,48-49,51-63H2,1-3H3/b10-7-,12-9-,19-16-,20-17-,21-18-,28-25-,29-26-,30-27-,36-33-,41-38-,45-42-,50-47-/t64-/m0/s1. The van der Waals surface area contributed by atoms with Crippen molar-refractivity contribution < 1.29 is 28.6 Å². The first kappa shape index (κ1) is 68.3. The van der Waals surface area contributed by atoms with Crippen molar-refractivity contribution in [2.75, 3.05) is 13.2 Å². The van der Waals surface area contributed by atoms with Crippen LogP contribution in [-0.4, -0.2) is 37.2 Å². The van der Waals surface area contributed by atoms with Crippen LogP contribution in [-0.2, 0) is 28.6 Å². The van der Waals surface area contributed by atoms with Crippen molar-refractivity contribution in [2.45, 2.75) is 245 Å². The molecule has 0 unspecified atom stereocenters. The Morgan fingerprint density at radius 3 is 0.904 bits per heavy atom. The Morgan fingerprint density at radius 2 is 0.548 bits per heavy atom. The summed E-state index contributed by atoms with van der Waals surface area (Å²) in [5.74, 6) is -1.02. The Morgan fingerprint density at radius 1 is 0.288 bits per heavy atom. The Labute approximate surface area is 448 Å². The molecular weight excluding hydrogens is 901 g/mol. The van der Waals surface area contributed by atoms with E-state index in [4.69, 9.17) is 14.2 Å². The molecule has 0 rings (SSSR count). The van der Waals surface area contributed by atoms with Crippen molar-refractivity contribution in [3.8, 4) is 0 Å². The molecular formula is C67H106O6. The third-order valence-electron chi connectivity index (χ3n) is 11.8. The molecule has 0 amide bonds. The maximum Gasteiger partial charge on any atom is 0.306 e. The van der Waals surface area contributed by atoms with E-state index in [1.54, 1.807) is 0 Å². The van der Waals surface area contributed by atoms with Crippen LogP contribution in [0, 0.1) is 0 Å². The second kappa shape index (κ2) is 59.8. The molecule has 0 aromatic rings. The molecule has 410 valence electrons. The highest BCUT2D eigenvalue weighted by molar-refractivity contribution is 5.71. The van der Waals surface area contributed by atoms with Crippen molar-refractivity contribution in [3.63, 3.8) is 0 Å². The van der Waals surface area contributed by atoms with Gasteiger partial charge in [0.1, 0.15) is 13.2 Å². The lowest BCUT2D eigenvalue weighted by Gasteiger charge is -2.18. The van der Waals surface area contributed by atoms with E-state index in [-0.39, 0.29) is 37.5 Å². The van der Waals surface area contributed by atoms with Gasteiger partial charge in [-0.25, -0.2) is 0 Å². The number of rotatable bonds is 51. The lowest BCUT2D eigenvalue weighted by Crippen LogP contribution is -2.30. The number of carbonyl (C=O) groups excluding carboxylic acids is 3. The molecule has 0 N–H and O–H groups in total. The zero-order valence-corrected chi connectivity index (χ0v) is 46.8. The van der Waals surface area contributed by atoms with Gasteiger partial charge in [0.15, 0.2) is 6.10 Å². The van der Waals surface area contributed by atoms with E-state index < -0.39 is 6.10 Å². The fraction of sp³-hybridized carbons (Fsp3) is 0.597. The first-order valence-electron chi connectivity index (χ1n) is 29.3. The minimum Gasteiger partial charge on any atom is -0.462 e. The van der Waals surface area contributed by atoms with Crippen LogP contribution in [0.15, 0.2) is 146 Å². The first-order valence-corrected chi connectivity index (χ1v) is 29.3. The molecule has 1 atom stereocenters. The molecule has 0 aliphatic rings. The summed E-state index contributed by atoms with van der Waals surface area (Å²) in [6.07, 6.45) is 85.5. The third kappa shape index (κ3) is 58.1. The summed E-state index contributed by atoms with van der Waals surface area (Å²) >= 11 is 0. The van der Waals surface area contributed by atoms with Crippen molar-refractivity contribution in [1.29, 1.82) is 0 Å². The van der Waals surface area contributed by atoms with Gasteiger partial charge in [0.05, 0.1) is 0 Å². The maximum absolute atomic E-state index is 12.9. The van der Waals surface area contributed by atoms with Crippen LogP contribution in [0.4, 0.5) is 0 Å². The van der Waals surface area contributed by atoms with Gasteiger partial charge in [0, 0.05) is 19.3 Å². The van der Waals surface area contributed by atoms with Crippen LogP contribution >= 0.6 is 0 Å². The van der Waals surface area contributed by atoms with Crippen LogP contribution in [0.5, 0.6) is 0 Å². The molecule has 0 aromatic heterocycles. The second-order valence-corrected chi connectivity index (χ2v) is 18.8. The lowest BCUT2D eigenvalue weighted by molar-refractivity contribution is -0.167. The zero-order valence-electron chi connectivity index (χ0n) is 46.8. The topological polar surface area (TPSA) is 78.9 Å². The summed E-state index contributed by atoms with van der Waals surface area (Å²) in [6, 6.07) is 0. The predicted octanol–water partition coefficient (Wildman–Crippen LogP) is 20.0. The van der Waals surface area contributed by atoms with Crippen LogP contribution in [0.1, 0.15) is 239 Å². The van der Waals surface area contributed by atoms with Crippen molar-refractivity contribution in [2.24, 2.45) is 0 Å². The van der Waals surface area contributed by atoms with E-state index in [0.29, 0.717) is 19.3 Å². The van der Waals surface area contributed by atoms with Crippen LogP contribution < -0.4 is 0 Å². The smallest absolute Gasteiger partial charge is 0.306 e. The summed E-state index contributed by atoms with van der Waals surface area (Å²) in [7, 11) is 0. The number of allylic oxidation sites excluding steroid dienone is 24. The lowest BCUT2D eigenvalue weighted by atomic mass is 10.1. The van der Waals surface area contributed by atoms with Gasteiger partial charge in [-0.2, -0.15) is 0 Å². The molecule has 0 saturated heterocycles. The minimum atomic E-state index is -0.825. The molecule has 0 saturated carbocycles. The predicted molar refractivity (Wildman–Crippen MR) is 315 cm³/mol. The molecule has 6 heteroatoms. The van der Waals surface area contributed by atoms with E-state index >= 15 is 0 Å². The number of hydrogen-bond acceptors (Lipinski definition) is 6. The number of unbranched alkanes of at least 4 members (excludes halogenated alkanes) is 16. The number of esters is 3. The molecule has 0 radical (unpaired) electrons. The van der Waals surface area contributed by atoms with Gasteiger partial charge >= 0.3 is 17.9 Å². The van der Waals surface area contributed by atoms with E-state index in [1.807, 2.05) is 0 Å². The molecule has 0 aliphatic carbocycles. The van der Waals surface area contributed by atoms with Gasteiger partial charge in [-0.15, -0.1) is 0 Å². The van der Waals surface area contributed by atoms with Crippen LogP contribution in [0.25, 0.3) is 0 Å². The quantitative estimate of drug-likeness (QED) is 0.0261. The van der Waals surface area contributed by atoms with E-state index in [9.17, 15) is 14.4 Å². The largest absolute Gasteiger partial charge is 0.462 e. The Kier molecular flexibility index (Phi) is 56.0. The highest BCUT2D eigenvalue weighted by Crippen LogP contribution is 2.14. The van der Waals surface area contributed by atoms with Crippen LogP contribution in [0.3, 0.4) is 0 Å². The summed E-state index contributed by atoms with van der Waals surface area (Å²) in [5.41, 5.74) is 0. The Bertz CT molecular complexity index is 1630. The molecule has 73 heavy (non-hydrogen) atoms. The third-order valence-corrected chi connectivity index (χ3v) is 11.8. The molecule has 0 bridgehead atoms. The number of hydrogen-bond donors (Lipinski definition) is 0. The summed E-state index contributed by atoms with van der Waals surface area (Å²) in [4.78, 5) is 38.2. The minimum absolute atomic E-state index is 0.120. The van der Waals surface area contributed by atoms with Gasteiger partial charge in [-0.1, -0.05) is 231 Å². The van der Waals surface area contributed by atoms with Crippen LogP contribution in [0.2, 0.25) is 0 Å². The molecule has 0 fully saturated rings. The van der Waals surface area contributed by atoms with Gasteiger partial charge in [0.25, 0.3) is 0 Å². The van der Waals surface area contributed by atoms with Gasteiger partial charge in [-0.05, 0) is 135 Å². The molecule has 0 aromatic carbocycles. The second-order valence-electron chi connectivity index (χ2n) is 18.8. The molecule has 6 nitrogen and oxygen atoms in total. The normalized spacial score (nSPS) is 13.2. The van der Waals surface area contributed by atoms with Crippen molar-refractivity contribution >= 4 is 17.9 Å². The molecule has 0 aliphatic heterocycles. The Balaban J connectivity index is 4.56. The van der Waals surface area contributed by atoms with Gasteiger partial charge in [0.2, 0.25) is 0 Å². The van der Waals surface area contributed by atoms with E-state index in [0.717, 1.165) is 122 Å². The fourth-order valence-corrected chi connectivity index (χ4v) is 7.47. The fourth-order valence-electron chi connectivity index (χ4n) is 7.47.